The molecule has 2 aliphatic heterocycles. The summed E-state index contributed by atoms with van der Waals surface area (Å²) in [6.07, 6.45) is 3.91. The maximum Gasteiger partial charge on any atom is 0.253 e. The summed E-state index contributed by atoms with van der Waals surface area (Å²) in [6, 6.07) is 7.23. The van der Waals surface area contributed by atoms with Crippen molar-refractivity contribution in [2.75, 3.05) is 33.7 Å². The van der Waals surface area contributed by atoms with E-state index in [2.05, 4.69) is 0 Å². The van der Waals surface area contributed by atoms with Crippen molar-refractivity contribution >= 4 is 29.3 Å². The number of fused-ring (bicyclic) bond motifs is 1. The fourth-order valence-electron chi connectivity index (χ4n) is 5.41. The summed E-state index contributed by atoms with van der Waals surface area (Å²) in [5, 5.41) is 0.553. The Kier molecular flexibility index (Phi) is 6.05. The highest BCUT2D eigenvalue weighted by Gasteiger charge is 2.43. The van der Waals surface area contributed by atoms with Gasteiger partial charge in [-0.05, 0) is 55.7 Å². The van der Waals surface area contributed by atoms with Gasteiger partial charge in [0.2, 0.25) is 11.8 Å². The molecule has 0 bridgehead atoms. The summed E-state index contributed by atoms with van der Waals surface area (Å²) in [4.78, 5) is 43.4. The first-order valence-electron chi connectivity index (χ1n) is 10.9. The van der Waals surface area contributed by atoms with E-state index in [1.165, 1.54) is 0 Å². The standard InChI is InChI=1S/C23H30ClN3O3/c1-25-14-18-12-20(11-17(18)13-21(25)28)26(2)22(29)15-6-8-27(9-7-15)23(30)16-4-3-5-19(24)10-16/h3-5,10,15,17-18,20H,6-9,11-14H2,1-2H3/t17-,18+,20-/m1/s1. The Hall–Kier alpha value is -2.08. The zero-order valence-corrected chi connectivity index (χ0v) is 18.5. The Labute approximate surface area is 183 Å². The molecule has 6 nitrogen and oxygen atoms in total. The lowest BCUT2D eigenvalue weighted by molar-refractivity contribution is -0.137. The van der Waals surface area contributed by atoms with Gasteiger partial charge in [0, 0.05) is 62.7 Å². The van der Waals surface area contributed by atoms with E-state index in [1.807, 2.05) is 28.8 Å². The predicted octanol–water partition coefficient (Wildman–Crippen LogP) is 2.91. The molecule has 3 atom stereocenters. The normalized spacial score (nSPS) is 27.2. The quantitative estimate of drug-likeness (QED) is 0.739. The summed E-state index contributed by atoms with van der Waals surface area (Å²) in [5.41, 5.74) is 0.595. The second-order valence-corrected chi connectivity index (χ2v) is 9.59. The van der Waals surface area contributed by atoms with Gasteiger partial charge in [0.25, 0.3) is 5.91 Å². The molecule has 1 aromatic carbocycles. The molecule has 30 heavy (non-hydrogen) atoms. The van der Waals surface area contributed by atoms with Crippen LogP contribution < -0.4 is 0 Å². The van der Waals surface area contributed by atoms with Gasteiger partial charge in [-0.3, -0.25) is 14.4 Å². The van der Waals surface area contributed by atoms with Crippen LogP contribution in [0.2, 0.25) is 5.02 Å². The van der Waals surface area contributed by atoms with E-state index >= 15 is 0 Å². The third-order valence-corrected chi connectivity index (χ3v) is 7.52. The van der Waals surface area contributed by atoms with Gasteiger partial charge >= 0.3 is 0 Å². The van der Waals surface area contributed by atoms with Crippen molar-refractivity contribution < 1.29 is 14.4 Å². The SMILES string of the molecule is CN1C[C@@H]2C[C@H](N(C)C(=O)C3CCN(C(=O)c4cccc(Cl)c4)CC3)C[C@@H]2CC1=O. The maximum atomic E-state index is 13.1. The van der Waals surface area contributed by atoms with Gasteiger partial charge in [-0.2, -0.15) is 0 Å². The number of amides is 3. The molecular weight excluding hydrogens is 402 g/mol. The minimum absolute atomic E-state index is 0.0228. The monoisotopic (exact) mass is 431 g/mol. The summed E-state index contributed by atoms with van der Waals surface area (Å²) in [6.45, 7) is 1.99. The molecule has 3 amide bonds. The van der Waals surface area contributed by atoms with Crippen LogP contribution in [-0.4, -0.2) is 72.2 Å². The Balaban J connectivity index is 1.31. The molecule has 1 aliphatic carbocycles. The first kappa shape index (κ1) is 21.2. The molecule has 2 saturated heterocycles. The highest BCUT2D eigenvalue weighted by molar-refractivity contribution is 6.30. The minimum atomic E-state index is -0.0367. The molecular formula is C23H30ClN3O3. The third kappa shape index (κ3) is 4.20. The molecule has 0 aromatic heterocycles. The number of benzene rings is 1. The molecule has 7 heteroatoms. The third-order valence-electron chi connectivity index (χ3n) is 7.29. The second kappa shape index (κ2) is 8.58. The largest absolute Gasteiger partial charge is 0.345 e. The van der Waals surface area contributed by atoms with Crippen LogP contribution in [0.4, 0.5) is 0 Å². The fourth-order valence-corrected chi connectivity index (χ4v) is 5.60. The number of piperidine rings is 2. The van der Waals surface area contributed by atoms with E-state index in [1.54, 1.807) is 24.3 Å². The highest BCUT2D eigenvalue weighted by Crippen LogP contribution is 2.40. The second-order valence-electron chi connectivity index (χ2n) is 9.15. The zero-order chi connectivity index (χ0) is 21.4. The van der Waals surface area contributed by atoms with E-state index in [0.29, 0.717) is 54.8 Å². The van der Waals surface area contributed by atoms with E-state index in [-0.39, 0.29) is 29.7 Å². The van der Waals surface area contributed by atoms with Crippen molar-refractivity contribution in [1.29, 1.82) is 0 Å². The van der Waals surface area contributed by atoms with Gasteiger partial charge < -0.3 is 14.7 Å². The average molecular weight is 432 g/mol. The molecule has 2 heterocycles. The molecule has 1 aromatic rings. The number of likely N-dealkylation sites (tertiary alicyclic amines) is 2. The summed E-state index contributed by atoms with van der Waals surface area (Å²) >= 11 is 6.01. The van der Waals surface area contributed by atoms with Gasteiger partial charge in [0.05, 0.1) is 0 Å². The first-order valence-corrected chi connectivity index (χ1v) is 11.3. The van der Waals surface area contributed by atoms with E-state index in [4.69, 9.17) is 11.6 Å². The summed E-state index contributed by atoms with van der Waals surface area (Å²) < 4.78 is 0. The lowest BCUT2D eigenvalue weighted by Crippen LogP contribution is -2.45. The molecule has 0 N–H and O–H groups in total. The fraction of sp³-hybridized carbons (Fsp3) is 0.609. The Morgan fingerprint density at radius 1 is 1.13 bits per heavy atom. The van der Waals surface area contributed by atoms with Crippen LogP contribution in [0.5, 0.6) is 0 Å². The Bertz CT molecular complexity index is 837. The number of hydrogen-bond acceptors (Lipinski definition) is 3. The molecule has 0 unspecified atom stereocenters. The van der Waals surface area contributed by atoms with Gasteiger partial charge in [0.15, 0.2) is 0 Å². The first-order chi connectivity index (χ1) is 14.3. The molecule has 4 rings (SSSR count). The lowest BCUT2D eigenvalue weighted by atomic mass is 9.88. The van der Waals surface area contributed by atoms with Crippen LogP contribution in [0.3, 0.4) is 0 Å². The topological polar surface area (TPSA) is 60.9 Å². The number of hydrogen-bond donors (Lipinski definition) is 0. The molecule has 3 aliphatic rings. The minimum Gasteiger partial charge on any atom is -0.345 e. The van der Waals surface area contributed by atoms with Crippen molar-refractivity contribution in [2.45, 2.75) is 38.1 Å². The van der Waals surface area contributed by atoms with Crippen LogP contribution in [0.1, 0.15) is 42.5 Å². The highest BCUT2D eigenvalue weighted by atomic mass is 35.5. The molecule has 3 fully saturated rings. The van der Waals surface area contributed by atoms with E-state index < -0.39 is 0 Å². The van der Waals surface area contributed by atoms with E-state index in [9.17, 15) is 14.4 Å². The average Bonchev–Trinajstić information content (AvgIpc) is 3.15. The number of carbonyl (C=O) groups is 3. The van der Waals surface area contributed by atoms with Crippen LogP contribution >= 0.6 is 11.6 Å². The van der Waals surface area contributed by atoms with Crippen LogP contribution in [-0.2, 0) is 9.59 Å². The van der Waals surface area contributed by atoms with Crippen LogP contribution in [0, 0.1) is 17.8 Å². The predicted molar refractivity (Wildman–Crippen MR) is 115 cm³/mol. The van der Waals surface area contributed by atoms with Crippen molar-refractivity contribution in [1.82, 2.24) is 14.7 Å². The maximum absolute atomic E-state index is 13.1. The summed E-state index contributed by atoms with van der Waals surface area (Å²) in [5.74, 6) is 1.27. The van der Waals surface area contributed by atoms with Crippen molar-refractivity contribution in [3.63, 3.8) is 0 Å². The molecule has 0 radical (unpaired) electrons. The number of carbonyl (C=O) groups excluding carboxylic acids is 3. The van der Waals surface area contributed by atoms with Crippen molar-refractivity contribution in [2.24, 2.45) is 17.8 Å². The zero-order valence-electron chi connectivity index (χ0n) is 17.7. The van der Waals surface area contributed by atoms with Gasteiger partial charge in [0.1, 0.15) is 0 Å². The van der Waals surface area contributed by atoms with Crippen molar-refractivity contribution in [3.8, 4) is 0 Å². The smallest absolute Gasteiger partial charge is 0.253 e. The van der Waals surface area contributed by atoms with E-state index in [0.717, 1.165) is 19.4 Å². The molecule has 1 saturated carbocycles. The molecule has 162 valence electrons. The number of nitrogens with zero attached hydrogens (tertiary/aromatic N) is 3. The van der Waals surface area contributed by atoms with Gasteiger partial charge in [-0.25, -0.2) is 0 Å². The van der Waals surface area contributed by atoms with Crippen LogP contribution in [0.25, 0.3) is 0 Å². The Morgan fingerprint density at radius 3 is 2.53 bits per heavy atom. The number of rotatable bonds is 3. The Morgan fingerprint density at radius 2 is 1.83 bits per heavy atom. The van der Waals surface area contributed by atoms with Gasteiger partial charge in [-0.15, -0.1) is 0 Å². The number of halogens is 1. The summed E-state index contributed by atoms with van der Waals surface area (Å²) in [7, 11) is 3.79. The van der Waals surface area contributed by atoms with Crippen molar-refractivity contribution in [3.05, 3.63) is 34.9 Å². The van der Waals surface area contributed by atoms with Crippen LogP contribution in [0.15, 0.2) is 24.3 Å². The molecule has 0 spiro atoms. The lowest BCUT2D eigenvalue weighted by Gasteiger charge is -2.35. The van der Waals surface area contributed by atoms with Gasteiger partial charge in [-0.1, -0.05) is 17.7 Å².